The van der Waals surface area contributed by atoms with Crippen LogP contribution >= 0.6 is 0 Å². The summed E-state index contributed by atoms with van der Waals surface area (Å²) in [6, 6.07) is 0. The van der Waals surface area contributed by atoms with Gasteiger partial charge in [0.25, 0.3) is 0 Å². The van der Waals surface area contributed by atoms with Crippen LogP contribution in [0.5, 0.6) is 0 Å². The molecular formula is C21H38O10. The van der Waals surface area contributed by atoms with Crippen molar-refractivity contribution in [3.63, 3.8) is 0 Å². The lowest BCUT2D eigenvalue weighted by molar-refractivity contribution is -0.315. The van der Waals surface area contributed by atoms with Gasteiger partial charge in [-0.3, -0.25) is 9.59 Å². The van der Waals surface area contributed by atoms with Crippen molar-refractivity contribution < 1.29 is 49.0 Å². The van der Waals surface area contributed by atoms with E-state index >= 15 is 0 Å². The standard InChI is InChI=1S/C21H38O10/c1-5-12(6-2)19(26)28-10-14(9-22)30-21-18(25)17(24)16(23)15(31-21)11-29-20(27)13(7-3)8-4/h12-18,21-25H,5-11H2,1-4H3/t14?,15-,16+,17+,18-,21-/m1/s1. The molecule has 0 spiro atoms. The second-order valence-electron chi connectivity index (χ2n) is 7.74. The maximum absolute atomic E-state index is 12.1. The quantitative estimate of drug-likeness (QED) is 0.285. The monoisotopic (exact) mass is 450 g/mol. The fraction of sp³-hybridized carbons (Fsp3) is 0.905. The molecule has 0 aliphatic carbocycles. The van der Waals surface area contributed by atoms with Crippen LogP contribution in [-0.2, 0) is 28.5 Å². The van der Waals surface area contributed by atoms with Gasteiger partial charge in [-0.15, -0.1) is 0 Å². The van der Waals surface area contributed by atoms with E-state index in [4.69, 9.17) is 18.9 Å². The van der Waals surface area contributed by atoms with Crippen molar-refractivity contribution in [3.8, 4) is 0 Å². The number of ether oxygens (including phenoxy) is 4. The molecule has 31 heavy (non-hydrogen) atoms. The number of hydrogen-bond acceptors (Lipinski definition) is 10. The van der Waals surface area contributed by atoms with Gasteiger partial charge in [-0.25, -0.2) is 0 Å². The Morgan fingerprint density at radius 2 is 1.35 bits per heavy atom. The third kappa shape index (κ3) is 7.96. The SMILES string of the molecule is CCC(CC)C(=O)OCC(CO)O[C@@H]1O[C@H](COC(=O)C(CC)CC)[C@H](O)[C@H](O)[C@H]1O. The highest BCUT2D eigenvalue weighted by molar-refractivity contribution is 5.72. The highest BCUT2D eigenvalue weighted by atomic mass is 16.7. The van der Waals surface area contributed by atoms with Crippen molar-refractivity contribution in [2.45, 2.75) is 90.2 Å². The molecule has 0 saturated carbocycles. The van der Waals surface area contributed by atoms with Crippen LogP contribution in [0.3, 0.4) is 0 Å². The molecule has 0 bridgehead atoms. The third-order valence-corrected chi connectivity index (χ3v) is 5.64. The lowest BCUT2D eigenvalue weighted by Crippen LogP contribution is -2.60. The molecule has 1 unspecified atom stereocenters. The summed E-state index contributed by atoms with van der Waals surface area (Å²) in [4.78, 5) is 24.1. The molecule has 0 aromatic heterocycles. The summed E-state index contributed by atoms with van der Waals surface area (Å²) in [5, 5.41) is 40.1. The zero-order chi connectivity index (χ0) is 23.6. The molecule has 1 aliphatic heterocycles. The Morgan fingerprint density at radius 1 is 0.839 bits per heavy atom. The minimum atomic E-state index is -1.62. The molecule has 10 nitrogen and oxygen atoms in total. The molecule has 182 valence electrons. The lowest BCUT2D eigenvalue weighted by atomic mass is 9.99. The number of esters is 2. The lowest BCUT2D eigenvalue weighted by Gasteiger charge is -2.41. The highest BCUT2D eigenvalue weighted by Gasteiger charge is 2.45. The van der Waals surface area contributed by atoms with Crippen LogP contribution in [-0.4, -0.2) is 89.0 Å². The van der Waals surface area contributed by atoms with E-state index in [0.29, 0.717) is 25.7 Å². The van der Waals surface area contributed by atoms with Crippen molar-refractivity contribution >= 4 is 11.9 Å². The third-order valence-electron chi connectivity index (χ3n) is 5.64. The Balaban J connectivity index is 2.70. The fourth-order valence-electron chi connectivity index (χ4n) is 3.31. The Hall–Kier alpha value is -1.30. The van der Waals surface area contributed by atoms with E-state index in [1.165, 1.54) is 0 Å². The van der Waals surface area contributed by atoms with Crippen LogP contribution in [0.2, 0.25) is 0 Å². The number of carbonyl (C=O) groups is 2. The number of rotatable bonds is 13. The summed E-state index contributed by atoms with van der Waals surface area (Å²) in [5.74, 6) is -1.41. The van der Waals surface area contributed by atoms with Crippen molar-refractivity contribution in [2.75, 3.05) is 19.8 Å². The topological polar surface area (TPSA) is 152 Å². The number of hydrogen-bond donors (Lipinski definition) is 4. The second-order valence-corrected chi connectivity index (χ2v) is 7.74. The van der Waals surface area contributed by atoms with Gasteiger partial charge in [-0.1, -0.05) is 27.7 Å². The van der Waals surface area contributed by atoms with Crippen molar-refractivity contribution in [1.82, 2.24) is 0 Å². The molecule has 1 rings (SSSR count). The van der Waals surface area contributed by atoms with E-state index in [9.17, 15) is 30.0 Å². The van der Waals surface area contributed by atoms with Gasteiger partial charge >= 0.3 is 11.9 Å². The normalized spacial score (nSPS) is 27.4. The zero-order valence-corrected chi connectivity index (χ0v) is 18.8. The van der Waals surface area contributed by atoms with Crippen LogP contribution in [0.4, 0.5) is 0 Å². The summed E-state index contributed by atoms with van der Waals surface area (Å²) in [6.45, 7) is 6.30. The Morgan fingerprint density at radius 3 is 1.84 bits per heavy atom. The van der Waals surface area contributed by atoms with E-state index in [-0.39, 0.29) is 25.0 Å². The van der Waals surface area contributed by atoms with Crippen molar-refractivity contribution in [2.24, 2.45) is 11.8 Å². The first-order valence-electron chi connectivity index (χ1n) is 11.0. The van der Waals surface area contributed by atoms with Gasteiger partial charge in [-0.05, 0) is 25.7 Å². The minimum absolute atomic E-state index is 0.262. The smallest absolute Gasteiger partial charge is 0.309 e. The van der Waals surface area contributed by atoms with E-state index < -0.39 is 55.4 Å². The average molecular weight is 451 g/mol. The maximum Gasteiger partial charge on any atom is 0.309 e. The first-order valence-corrected chi connectivity index (χ1v) is 11.0. The molecule has 0 aromatic carbocycles. The van der Waals surface area contributed by atoms with E-state index in [2.05, 4.69) is 0 Å². The summed E-state index contributed by atoms with van der Waals surface area (Å²) >= 11 is 0. The molecule has 1 heterocycles. The van der Waals surface area contributed by atoms with Crippen molar-refractivity contribution in [1.29, 1.82) is 0 Å². The van der Waals surface area contributed by atoms with Crippen LogP contribution < -0.4 is 0 Å². The van der Waals surface area contributed by atoms with Gasteiger partial charge in [0.05, 0.1) is 18.4 Å². The van der Waals surface area contributed by atoms with Gasteiger partial charge in [0.2, 0.25) is 0 Å². The van der Waals surface area contributed by atoms with Gasteiger partial charge in [0.1, 0.15) is 43.7 Å². The molecular weight excluding hydrogens is 412 g/mol. The molecule has 1 saturated heterocycles. The average Bonchev–Trinajstić information content (AvgIpc) is 2.77. The van der Waals surface area contributed by atoms with Crippen LogP contribution in [0, 0.1) is 11.8 Å². The van der Waals surface area contributed by atoms with Gasteiger partial charge < -0.3 is 39.4 Å². The van der Waals surface area contributed by atoms with Gasteiger partial charge in [-0.2, -0.15) is 0 Å². The van der Waals surface area contributed by atoms with E-state index in [1.54, 1.807) is 0 Å². The Kier molecular flexibility index (Phi) is 12.5. The largest absolute Gasteiger partial charge is 0.463 e. The molecule has 0 radical (unpaired) electrons. The predicted molar refractivity (Wildman–Crippen MR) is 109 cm³/mol. The van der Waals surface area contributed by atoms with Crippen molar-refractivity contribution in [3.05, 3.63) is 0 Å². The summed E-state index contributed by atoms with van der Waals surface area (Å²) < 4.78 is 21.4. The summed E-state index contributed by atoms with van der Waals surface area (Å²) in [5.41, 5.74) is 0. The first-order chi connectivity index (χ1) is 14.7. The minimum Gasteiger partial charge on any atom is -0.463 e. The molecule has 0 aromatic rings. The molecule has 10 heteroatoms. The maximum atomic E-state index is 12.1. The van der Waals surface area contributed by atoms with Gasteiger partial charge in [0, 0.05) is 0 Å². The highest BCUT2D eigenvalue weighted by Crippen LogP contribution is 2.24. The number of carbonyl (C=O) groups excluding carboxylic acids is 2. The molecule has 6 atom stereocenters. The fourth-order valence-corrected chi connectivity index (χ4v) is 3.31. The van der Waals surface area contributed by atoms with Crippen LogP contribution in [0.1, 0.15) is 53.4 Å². The zero-order valence-electron chi connectivity index (χ0n) is 18.8. The Labute approximate surface area is 183 Å². The van der Waals surface area contributed by atoms with E-state index in [0.717, 1.165) is 0 Å². The van der Waals surface area contributed by atoms with Crippen LogP contribution in [0.25, 0.3) is 0 Å². The molecule has 1 fully saturated rings. The number of aliphatic hydroxyl groups is 4. The Bertz CT molecular complexity index is 532. The predicted octanol–water partition coefficient (Wildman–Crippen LogP) is 0.130. The number of aliphatic hydroxyl groups excluding tert-OH is 4. The summed E-state index contributed by atoms with van der Waals surface area (Å²) in [7, 11) is 0. The summed E-state index contributed by atoms with van der Waals surface area (Å²) in [6.07, 6.45) is -5.91. The molecule has 0 amide bonds. The van der Waals surface area contributed by atoms with Gasteiger partial charge in [0.15, 0.2) is 6.29 Å². The van der Waals surface area contributed by atoms with Crippen LogP contribution in [0.15, 0.2) is 0 Å². The van der Waals surface area contributed by atoms with E-state index in [1.807, 2.05) is 27.7 Å². The molecule has 4 N–H and O–H groups in total. The molecule has 1 aliphatic rings. The second kappa shape index (κ2) is 14.0. The first kappa shape index (κ1) is 27.7.